The molecule has 2 aromatic carbocycles. The Morgan fingerprint density at radius 2 is 1.66 bits per heavy atom. The van der Waals surface area contributed by atoms with Crippen LogP contribution in [0.2, 0.25) is 18.1 Å². The summed E-state index contributed by atoms with van der Waals surface area (Å²) in [6.07, 6.45) is -0.906. The Labute approximate surface area is 226 Å². The summed E-state index contributed by atoms with van der Waals surface area (Å²) in [7, 11) is -1.70. The molecular weight excluding hydrogens is 505 g/mol. The van der Waals surface area contributed by atoms with Crippen molar-refractivity contribution in [2.75, 3.05) is 31.2 Å². The first-order valence-electron chi connectivity index (χ1n) is 13.5. The summed E-state index contributed by atoms with van der Waals surface area (Å²) < 4.78 is 52.3. The second-order valence-electron chi connectivity index (χ2n) is 11.8. The maximum Gasteiger partial charge on any atom is 0.417 e. The van der Waals surface area contributed by atoms with Crippen LogP contribution in [0.1, 0.15) is 74.6 Å². The number of nitrogens with zero attached hydrogens (tertiary/aromatic N) is 2. The molecule has 8 heteroatoms. The van der Waals surface area contributed by atoms with Gasteiger partial charge in [-0.1, -0.05) is 26.8 Å². The maximum absolute atomic E-state index is 13.4. The number of piperidine rings is 1. The summed E-state index contributed by atoms with van der Waals surface area (Å²) in [6, 6.07) is 11.9. The van der Waals surface area contributed by atoms with Crippen LogP contribution in [0.4, 0.5) is 18.9 Å². The normalized spacial score (nSPS) is 15.4. The fraction of sp³-hybridized carbons (Fsp3) is 0.567. The van der Waals surface area contributed by atoms with Crippen molar-refractivity contribution >= 4 is 14.0 Å². The van der Waals surface area contributed by atoms with Gasteiger partial charge in [-0.05, 0) is 98.1 Å². The van der Waals surface area contributed by atoms with E-state index in [9.17, 15) is 13.2 Å². The highest BCUT2D eigenvalue weighted by atomic mass is 28.4. The number of rotatable bonds is 9. The first-order valence-corrected chi connectivity index (χ1v) is 16.4. The molecule has 0 bridgehead atoms. The van der Waals surface area contributed by atoms with E-state index in [2.05, 4.69) is 52.9 Å². The molecule has 3 rings (SSSR count). The van der Waals surface area contributed by atoms with E-state index in [1.807, 2.05) is 11.0 Å². The molecule has 0 aromatic heterocycles. The van der Waals surface area contributed by atoms with Gasteiger partial charge in [0.1, 0.15) is 5.75 Å². The zero-order chi connectivity index (χ0) is 28.1. The van der Waals surface area contributed by atoms with Gasteiger partial charge in [-0.25, -0.2) is 0 Å². The molecule has 1 fully saturated rings. The lowest BCUT2D eigenvalue weighted by atomic mass is 9.86. The predicted octanol–water partition coefficient (Wildman–Crippen LogP) is 8.45. The average molecular weight is 547 g/mol. The number of nitriles is 1. The van der Waals surface area contributed by atoms with Crippen molar-refractivity contribution in [1.29, 1.82) is 5.26 Å². The molecule has 4 nitrogen and oxygen atoms in total. The van der Waals surface area contributed by atoms with Gasteiger partial charge in [0.15, 0.2) is 8.32 Å². The van der Waals surface area contributed by atoms with Gasteiger partial charge < -0.3 is 14.1 Å². The zero-order valence-electron chi connectivity index (χ0n) is 23.5. The van der Waals surface area contributed by atoms with Crippen molar-refractivity contribution in [3.8, 4) is 11.8 Å². The Bertz CT molecular complexity index is 1130. The number of unbranched alkanes of at least 4 members (excludes halogenated alkanes) is 1. The van der Waals surface area contributed by atoms with Crippen molar-refractivity contribution in [3.63, 3.8) is 0 Å². The molecule has 0 saturated carbocycles. The van der Waals surface area contributed by atoms with Crippen molar-refractivity contribution in [2.45, 2.75) is 83.6 Å². The number of ether oxygens (including phenoxy) is 1. The number of anilines is 1. The van der Waals surface area contributed by atoms with Gasteiger partial charge in [0.25, 0.3) is 0 Å². The molecule has 1 aliphatic rings. The summed E-state index contributed by atoms with van der Waals surface area (Å²) in [5.41, 5.74) is 1.77. The van der Waals surface area contributed by atoms with E-state index in [4.69, 9.17) is 14.4 Å². The van der Waals surface area contributed by atoms with Crippen LogP contribution in [0.5, 0.6) is 5.75 Å². The second-order valence-corrected chi connectivity index (χ2v) is 16.6. The highest BCUT2D eigenvalue weighted by Gasteiger charge is 2.37. The second kappa shape index (κ2) is 12.1. The Morgan fingerprint density at radius 1 is 1.00 bits per heavy atom. The SMILES string of the molecule is Cc1cc(OCCCCO[Si](C)(C)C(C)(C)C)ccc1C1CCN(c2ccc(C#N)c(C(F)(F)F)c2)CC1. The number of benzene rings is 2. The molecule has 2 aromatic rings. The highest BCUT2D eigenvalue weighted by molar-refractivity contribution is 6.74. The smallest absolute Gasteiger partial charge is 0.417 e. The third kappa shape index (κ3) is 7.54. The van der Waals surface area contributed by atoms with E-state index in [1.54, 1.807) is 12.1 Å². The average Bonchev–Trinajstić information content (AvgIpc) is 2.85. The molecule has 38 heavy (non-hydrogen) atoms. The molecule has 1 heterocycles. The van der Waals surface area contributed by atoms with Crippen LogP contribution in [0.3, 0.4) is 0 Å². The minimum atomic E-state index is -4.54. The van der Waals surface area contributed by atoms with Crippen molar-refractivity contribution in [3.05, 3.63) is 58.7 Å². The van der Waals surface area contributed by atoms with Crippen LogP contribution >= 0.6 is 0 Å². The molecule has 0 radical (unpaired) electrons. The molecular formula is C30H41F3N2O2Si. The van der Waals surface area contributed by atoms with E-state index < -0.39 is 20.1 Å². The summed E-state index contributed by atoms with van der Waals surface area (Å²) in [5.74, 6) is 1.22. The van der Waals surface area contributed by atoms with Crippen LogP contribution in [-0.2, 0) is 10.6 Å². The van der Waals surface area contributed by atoms with E-state index in [0.717, 1.165) is 44.1 Å². The van der Waals surface area contributed by atoms with Gasteiger partial charge in [0.2, 0.25) is 0 Å². The number of aryl methyl sites for hydroxylation is 1. The summed E-state index contributed by atoms with van der Waals surface area (Å²) in [6.45, 7) is 16.2. The first-order chi connectivity index (χ1) is 17.7. The molecule has 0 aliphatic carbocycles. The topological polar surface area (TPSA) is 45.5 Å². The zero-order valence-corrected chi connectivity index (χ0v) is 24.5. The molecule has 1 aliphatic heterocycles. The van der Waals surface area contributed by atoms with Gasteiger partial charge in [0.05, 0.1) is 23.8 Å². The van der Waals surface area contributed by atoms with Crippen LogP contribution < -0.4 is 9.64 Å². The van der Waals surface area contributed by atoms with E-state index in [0.29, 0.717) is 31.3 Å². The third-order valence-corrected chi connectivity index (χ3v) is 12.6. The van der Waals surface area contributed by atoms with Gasteiger partial charge >= 0.3 is 6.18 Å². The van der Waals surface area contributed by atoms with Gasteiger partial charge in [-0.15, -0.1) is 0 Å². The molecule has 0 unspecified atom stereocenters. The van der Waals surface area contributed by atoms with Crippen LogP contribution in [0.25, 0.3) is 0 Å². The minimum Gasteiger partial charge on any atom is -0.494 e. The van der Waals surface area contributed by atoms with E-state index in [1.165, 1.54) is 17.2 Å². The number of hydrogen-bond acceptors (Lipinski definition) is 4. The Morgan fingerprint density at radius 3 is 2.24 bits per heavy atom. The van der Waals surface area contributed by atoms with Crippen molar-refractivity contribution < 1.29 is 22.3 Å². The van der Waals surface area contributed by atoms with E-state index in [-0.39, 0.29) is 10.6 Å². The van der Waals surface area contributed by atoms with E-state index >= 15 is 0 Å². The van der Waals surface area contributed by atoms with Crippen LogP contribution in [-0.4, -0.2) is 34.6 Å². The largest absolute Gasteiger partial charge is 0.494 e. The lowest BCUT2D eigenvalue weighted by Gasteiger charge is -2.36. The molecule has 1 saturated heterocycles. The van der Waals surface area contributed by atoms with Crippen LogP contribution in [0.15, 0.2) is 36.4 Å². The summed E-state index contributed by atoms with van der Waals surface area (Å²) in [4.78, 5) is 1.98. The van der Waals surface area contributed by atoms with Crippen molar-refractivity contribution in [1.82, 2.24) is 0 Å². The Kier molecular flexibility index (Phi) is 9.59. The monoisotopic (exact) mass is 546 g/mol. The third-order valence-electron chi connectivity index (χ3n) is 8.05. The Balaban J connectivity index is 1.49. The molecule has 0 atom stereocenters. The first kappa shape index (κ1) is 30.0. The number of alkyl halides is 3. The Hall–Kier alpha value is -2.50. The fourth-order valence-electron chi connectivity index (χ4n) is 4.64. The molecule has 0 N–H and O–H groups in total. The van der Waals surface area contributed by atoms with Crippen molar-refractivity contribution in [2.24, 2.45) is 0 Å². The summed E-state index contributed by atoms with van der Waals surface area (Å²) >= 11 is 0. The molecule has 0 amide bonds. The lowest BCUT2D eigenvalue weighted by Crippen LogP contribution is -2.41. The quantitative estimate of drug-likeness (QED) is 0.234. The van der Waals surface area contributed by atoms with Gasteiger partial charge in [-0.2, -0.15) is 18.4 Å². The van der Waals surface area contributed by atoms with Gasteiger partial charge in [0, 0.05) is 25.4 Å². The van der Waals surface area contributed by atoms with Crippen LogP contribution in [0, 0.1) is 18.3 Å². The standard InChI is InChI=1S/C30H41F3N2O2Si/c1-22-19-26(36-17-7-8-18-37-38(5,6)29(2,3)4)11-12-27(22)23-13-15-35(16-14-23)25-10-9-24(21-34)28(20-25)30(31,32)33/h9-12,19-20,23H,7-8,13-18H2,1-6H3. The lowest BCUT2D eigenvalue weighted by molar-refractivity contribution is -0.137. The summed E-state index contributed by atoms with van der Waals surface area (Å²) in [5, 5.41) is 9.27. The van der Waals surface area contributed by atoms with Gasteiger partial charge in [-0.3, -0.25) is 0 Å². The number of hydrogen-bond donors (Lipinski definition) is 0. The fourth-order valence-corrected chi connectivity index (χ4v) is 5.73. The maximum atomic E-state index is 13.4. The predicted molar refractivity (Wildman–Crippen MR) is 149 cm³/mol. The number of halogens is 3. The minimum absolute atomic E-state index is 0.222. The molecule has 0 spiro atoms. The molecule has 208 valence electrons. The highest BCUT2D eigenvalue weighted by Crippen LogP contribution is 2.38.